The van der Waals surface area contributed by atoms with Crippen LogP contribution in [0.15, 0.2) is 35.9 Å². The first-order valence-electron chi connectivity index (χ1n) is 8.23. The van der Waals surface area contributed by atoms with Crippen LogP contribution < -0.4 is 0 Å². The van der Waals surface area contributed by atoms with E-state index in [0.29, 0.717) is 12.1 Å². The van der Waals surface area contributed by atoms with Gasteiger partial charge in [0.1, 0.15) is 0 Å². The highest BCUT2D eigenvalue weighted by molar-refractivity contribution is 5.86. The smallest absolute Gasteiger partial charge is 0.0873 e. The number of aryl methyl sites for hydroxylation is 1. The number of rotatable bonds is 1. The molecular formula is C19H24N2O. The molecule has 1 aromatic heterocycles. The summed E-state index contributed by atoms with van der Waals surface area (Å²) in [4.78, 5) is 2.45. The molecule has 3 heterocycles. The van der Waals surface area contributed by atoms with Gasteiger partial charge in [-0.3, -0.25) is 4.90 Å². The van der Waals surface area contributed by atoms with Gasteiger partial charge in [0.15, 0.2) is 0 Å². The minimum absolute atomic E-state index is 0.226. The summed E-state index contributed by atoms with van der Waals surface area (Å²) < 4.78 is 2.49. The predicted octanol–water partition coefficient (Wildman–Crippen LogP) is 3.44. The molecule has 1 saturated heterocycles. The van der Waals surface area contributed by atoms with E-state index >= 15 is 0 Å². The summed E-state index contributed by atoms with van der Waals surface area (Å²) in [6, 6.07) is 8.67. The van der Waals surface area contributed by atoms with Gasteiger partial charge in [0.05, 0.1) is 12.8 Å². The van der Waals surface area contributed by atoms with Crippen molar-refractivity contribution in [1.82, 2.24) is 9.47 Å². The molecule has 0 spiro atoms. The number of aliphatic hydroxyl groups excluding tert-OH is 1. The number of piperidine rings is 1. The number of para-hydroxylation sites is 1. The molecule has 3 heteroatoms. The van der Waals surface area contributed by atoms with Crippen LogP contribution in [0.5, 0.6) is 0 Å². The summed E-state index contributed by atoms with van der Waals surface area (Å²) >= 11 is 0. The van der Waals surface area contributed by atoms with Crippen LogP contribution >= 0.6 is 0 Å². The molecule has 1 N–H and O–H groups in total. The van der Waals surface area contributed by atoms with E-state index in [1.165, 1.54) is 27.7 Å². The minimum Gasteiger partial charge on any atom is -0.396 e. The first-order valence-corrected chi connectivity index (χ1v) is 8.23. The number of benzene rings is 1. The van der Waals surface area contributed by atoms with Crippen molar-refractivity contribution in [2.75, 3.05) is 20.2 Å². The lowest BCUT2D eigenvalue weighted by molar-refractivity contribution is 0.0765. The summed E-state index contributed by atoms with van der Waals surface area (Å²) in [6.45, 7) is 5.59. The molecule has 3 nitrogen and oxygen atoms in total. The molecule has 116 valence electrons. The van der Waals surface area contributed by atoms with Crippen molar-refractivity contribution >= 4 is 10.9 Å². The fourth-order valence-electron chi connectivity index (χ4n) is 4.73. The highest BCUT2D eigenvalue weighted by Crippen LogP contribution is 2.50. The summed E-state index contributed by atoms with van der Waals surface area (Å²) in [5.41, 5.74) is 5.48. The van der Waals surface area contributed by atoms with Gasteiger partial charge in [-0.1, -0.05) is 29.8 Å². The third-order valence-electron chi connectivity index (χ3n) is 5.80. The SMILES string of the molecule is C/C=C1/CN(C)[C@H]2C[C@@H]1[C@@H](CO)c1c(C)c3ccccc3n12. The van der Waals surface area contributed by atoms with Gasteiger partial charge in [0.25, 0.3) is 0 Å². The number of likely N-dealkylation sites (tertiary alicyclic amines) is 1. The average Bonchev–Trinajstić information content (AvgIpc) is 2.84. The van der Waals surface area contributed by atoms with Crippen molar-refractivity contribution in [2.45, 2.75) is 32.4 Å². The zero-order chi connectivity index (χ0) is 15.4. The molecule has 1 aromatic carbocycles. The number of likely N-dealkylation sites (N-methyl/N-ethyl adjacent to an activating group) is 1. The van der Waals surface area contributed by atoms with Gasteiger partial charge in [0, 0.05) is 29.1 Å². The van der Waals surface area contributed by atoms with E-state index in [0.717, 1.165) is 13.0 Å². The van der Waals surface area contributed by atoms with Crippen molar-refractivity contribution in [2.24, 2.45) is 5.92 Å². The fourth-order valence-corrected chi connectivity index (χ4v) is 4.73. The minimum atomic E-state index is 0.226. The Morgan fingerprint density at radius 1 is 1.32 bits per heavy atom. The van der Waals surface area contributed by atoms with Gasteiger partial charge in [-0.2, -0.15) is 0 Å². The Bertz CT molecular complexity index is 758. The second kappa shape index (κ2) is 4.97. The van der Waals surface area contributed by atoms with Crippen LogP contribution in [0.3, 0.4) is 0 Å². The second-order valence-corrected chi connectivity index (χ2v) is 6.79. The lowest BCUT2D eigenvalue weighted by Gasteiger charge is -2.48. The third-order valence-corrected chi connectivity index (χ3v) is 5.80. The van der Waals surface area contributed by atoms with Gasteiger partial charge < -0.3 is 9.67 Å². The maximum atomic E-state index is 10.1. The number of aromatic nitrogens is 1. The first kappa shape index (κ1) is 14.0. The molecule has 0 unspecified atom stereocenters. The van der Waals surface area contributed by atoms with Crippen LogP contribution in [-0.4, -0.2) is 34.8 Å². The number of hydrogen-bond donors (Lipinski definition) is 1. The number of fused-ring (bicyclic) bond motifs is 6. The predicted molar refractivity (Wildman–Crippen MR) is 90.0 cm³/mol. The normalized spacial score (nSPS) is 30.0. The fraction of sp³-hybridized carbons (Fsp3) is 0.474. The third kappa shape index (κ3) is 1.70. The van der Waals surface area contributed by atoms with Crippen molar-refractivity contribution in [3.63, 3.8) is 0 Å². The molecule has 2 aliphatic rings. The summed E-state index contributed by atoms with van der Waals surface area (Å²) in [7, 11) is 2.22. The van der Waals surface area contributed by atoms with E-state index in [1.54, 1.807) is 0 Å². The highest BCUT2D eigenvalue weighted by atomic mass is 16.3. The highest BCUT2D eigenvalue weighted by Gasteiger charge is 2.43. The molecule has 2 bridgehead atoms. The standard InChI is InChI=1S/C19H24N2O/c1-4-13-10-20(3)18-9-15(13)16(11-22)19-12(2)14-7-5-6-8-17(14)21(18)19/h4-8,15-16,18,22H,9-11H2,1-3H3/b13-4-/t15-,16+,18+/m0/s1. The molecule has 2 aliphatic heterocycles. The Morgan fingerprint density at radius 2 is 2.09 bits per heavy atom. The molecular weight excluding hydrogens is 272 g/mol. The van der Waals surface area contributed by atoms with Crippen LogP contribution in [0, 0.1) is 12.8 Å². The zero-order valence-corrected chi connectivity index (χ0v) is 13.6. The van der Waals surface area contributed by atoms with Crippen molar-refractivity contribution in [3.8, 4) is 0 Å². The quantitative estimate of drug-likeness (QED) is 0.817. The van der Waals surface area contributed by atoms with E-state index < -0.39 is 0 Å². The molecule has 0 aliphatic carbocycles. The summed E-state index contributed by atoms with van der Waals surface area (Å²) in [6.07, 6.45) is 3.77. The Balaban J connectivity index is 2.03. The van der Waals surface area contributed by atoms with Crippen LogP contribution in [0.1, 0.15) is 36.7 Å². The van der Waals surface area contributed by atoms with Crippen LogP contribution in [0.2, 0.25) is 0 Å². The van der Waals surface area contributed by atoms with Crippen molar-refractivity contribution in [1.29, 1.82) is 0 Å². The molecule has 0 saturated carbocycles. The van der Waals surface area contributed by atoms with Gasteiger partial charge >= 0.3 is 0 Å². The Kier molecular flexibility index (Phi) is 3.17. The van der Waals surface area contributed by atoms with Gasteiger partial charge in [-0.25, -0.2) is 0 Å². The van der Waals surface area contributed by atoms with E-state index in [-0.39, 0.29) is 12.5 Å². The Morgan fingerprint density at radius 3 is 2.82 bits per heavy atom. The van der Waals surface area contributed by atoms with Crippen LogP contribution in [0.4, 0.5) is 0 Å². The maximum Gasteiger partial charge on any atom is 0.0873 e. The van der Waals surface area contributed by atoms with Crippen molar-refractivity contribution < 1.29 is 5.11 Å². The summed E-state index contributed by atoms with van der Waals surface area (Å²) in [5, 5.41) is 11.5. The molecule has 22 heavy (non-hydrogen) atoms. The van der Waals surface area contributed by atoms with E-state index in [9.17, 15) is 5.11 Å². The van der Waals surface area contributed by atoms with Gasteiger partial charge in [-0.05, 0) is 44.9 Å². The van der Waals surface area contributed by atoms with E-state index in [2.05, 4.69) is 60.7 Å². The molecule has 2 aromatic rings. The summed E-state index contributed by atoms with van der Waals surface area (Å²) in [5.74, 6) is 0.704. The Labute approximate surface area is 131 Å². The lowest BCUT2D eigenvalue weighted by Crippen LogP contribution is -2.45. The monoisotopic (exact) mass is 296 g/mol. The molecule has 0 amide bonds. The van der Waals surface area contributed by atoms with Crippen molar-refractivity contribution in [3.05, 3.63) is 47.2 Å². The molecule has 0 radical (unpaired) electrons. The number of hydrogen-bond acceptors (Lipinski definition) is 2. The Hall–Kier alpha value is -1.58. The van der Waals surface area contributed by atoms with Crippen LogP contribution in [-0.2, 0) is 0 Å². The lowest BCUT2D eigenvalue weighted by atomic mass is 9.75. The van der Waals surface area contributed by atoms with Gasteiger partial charge in [-0.15, -0.1) is 0 Å². The van der Waals surface area contributed by atoms with E-state index in [4.69, 9.17) is 0 Å². The average molecular weight is 296 g/mol. The largest absolute Gasteiger partial charge is 0.396 e. The second-order valence-electron chi connectivity index (χ2n) is 6.79. The zero-order valence-electron chi connectivity index (χ0n) is 13.6. The number of nitrogens with zero attached hydrogens (tertiary/aromatic N) is 2. The van der Waals surface area contributed by atoms with Crippen LogP contribution in [0.25, 0.3) is 10.9 Å². The van der Waals surface area contributed by atoms with Gasteiger partial charge in [0.2, 0.25) is 0 Å². The number of allylic oxidation sites excluding steroid dienone is 1. The first-order chi connectivity index (χ1) is 10.7. The molecule has 1 fully saturated rings. The number of aliphatic hydroxyl groups is 1. The topological polar surface area (TPSA) is 28.4 Å². The molecule has 4 rings (SSSR count). The van der Waals surface area contributed by atoms with E-state index in [1.807, 2.05) is 0 Å². The molecule has 3 atom stereocenters. The maximum absolute atomic E-state index is 10.1.